The van der Waals surface area contributed by atoms with Gasteiger partial charge in [-0.25, -0.2) is 9.18 Å². The van der Waals surface area contributed by atoms with Gasteiger partial charge < -0.3 is 15.0 Å². The summed E-state index contributed by atoms with van der Waals surface area (Å²) in [5.74, 6) is -0.359. The maximum Gasteiger partial charge on any atom is 0.410 e. The molecule has 0 bridgehead atoms. The number of amides is 2. The molecular weight excluding hydrogens is 359 g/mol. The predicted molar refractivity (Wildman–Crippen MR) is 99.4 cm³/mol. The molecule has 144 valence electrons. The van der Waals surface area contributed by atoms with Crippen LogP contribution in [-0.4, -0.2) is 47.8 Å². The Morgan fingerprint density at radius 2 is 1.88 bits per heavy atom. The Morgan fingerprint density at radius 1 is 1.27 bits per heavy atom. The molecule has 1 aromatic carbocycles. The Balaban J connectivity index is 1.87. The van der Waals surface area contributed by atoms with Crippen molar-refractivity contribution in [3.05, 3.63) is 34.3 Å². The highest BCUT2D eigenvalue weighted by Crippen LogP contribution is 2.27. The van der Waals surface area contributed by atoms with Crippen LogP contribution in [0, 0.1) is 6.92 Å². The Labute approximate surface area is 158 Å². The fourth-order valence-corrected chi connectivity index (χ4v) is 3.09. The van der Waals surface area contributed by atoms with Crippen LogP contribution in [0.2, 0.25) is 5.02 Å². The first-order chi connectivity index (χ1) is 12.0. The van der Waals surface area contributed by atoms with Crippen molar-refractivity contribution in [2.75, 3.05) is 19.6 Å². The van der Waals surface area contributed by atoms with Crippen molar-refractivity contribution in [3.8, 4) is 0 Å². The lowest BCUT2D eigenvalue weighted by atomic mass is 9.93. The van der Waals surface area contributed by atoms with E-state index in [0.717, 1.165) is 5.56 Å². The minimum atomic E-state index is -1.54. The first-order valence-electron chi connectivity index (χ1n) is 8.70. The Hall–Kier alpha value is -1.82. The van der Waals surface area contributed by atoms with Gasteiger partial charge in [-0.2, -0.15) is 0 Å². The Morgan fingerprint density at radius 3 is 2.42 bits per heavy atom. The topological polar surface area (TPSA) is 58.6 Å². The summed E-state index contributed by atoms with van der Waals surface area (Å²) in [5, 5.41) is 3.11. The molecule has 1 aromatic rings. The molecule has 0 radical (unpaired) electrons. The van der Waals surface area contributed by atoms with Crippen LogP contribution in [0.1, 0.15) is 49.5 Å². The molecule has 2 amide bonds. The number of rotatable bonds is 3. The monoisotopic (exact) mass is 384 g/mol. The number of carbonyl (C=O) groups is 2. The molecule has 0 spiro atoms. The molecule has 0 unspecified atom stereocenters. The molecule has 1 aliphatic heterocycles. The van der Waals surface area contributed by atoms with Crippen LogP contribution >= 0.6 is 11.6 Å². The molecule has 0 aliphatic carbocycles. The second-order valence-electron chi connectivity index (χ2n) is 7.82. The van der Waals surface area contributed by atoms with Crippen LogP contribution in [0.25, 0.3) is 0 Å². The lowest BCUT2D eigenvalue weighted by molar-refractivity contribution is 0.00339. The summed E-state index contributed by atoms with van der Waals surface area (Å²) in [6.07, 6.45) is -0.125. The second kappa shape index (κ2) is 7.82. The van der Waals surface area contributed by atoms with E-state index in [1.54, 1.807) is 39.0 Å². The van der Waals surface area contributed by atoms with Crippen LogP contribution in [0.15, 0.2) is 18.2 Å². The molecule has 0 atom stereocenters. The minimum absolute atomic E-state index is 0.0977. The SMILES string of the molecule is Cc1cc(Cl)cc(C(=O)NCC2(F)CCN(C(=O)OC(C)(C)C)CC2)c1. The minimum Gasteiger partial charge on any atom is -0.444 e. The normalized spacial score (nSPS) is 16.9. The van der Waals surface area contributed by atoms with Gasteiger partial charge in [0.2, 0.25) is 0 Å². The van der Waals surface area contributed by atoms with E-state index in [4.69, 9.17) is 16.3 Å². The third-order valence-electron chi connectivity index (χ3n) is 4.18. The molecule has 1 heterocycles. The summed E-state index contributed by atoms with van der Waals surface area (Å²) in [6, 6.07) is 5.01. The summed E-state index contributed by atoms with van der Waals surface area (Å²) in [7, 11) is 0. The fraction of sp³-hybridized carbons (Fsp3) is 0.579. The molecule has 0 aromatic heterocycles. The molecule has 1 fully saturated rings. The average molecular weight is 385 g/mol. The van der Waals surface area contributed by atoms with E-state index in [9.17, 15) is 14.0 Å². The summed E-state index contributed by atoms with van der Waals surface area (Å²) in [6.45, 7) is 7.64. The first kappa shape index (κ1) is 20.5. The highest BCUT2D eigenvalue weighted by Gasteiger charge is 2.37. The highest BCUT2D eigenvalue weighted by molar-refractivity contribution is 6.31. The molecule has 2 rings (SSSR count). The third kappa shape index (κ3) is 5.87. The van der Waals surface area contributed by atoms with Gasteiger partial charge in [-0.1, -0.05) is 11.6 Å². The van der Waals surface area contributed by atoms with E-state index in [1.165, 1.54) is 4.90 Å². The number of carbonyl (C=O) groups excluding carboxylic acids is 2. The van der Waals surface area contributed by atoms with Crippen molar-refractivity contribution in [1.82, 2.24) is 10.2 Å². The Bertz CT molecular complexity index is 660. The number of alkyl halides is 1. The predicted octanol–water partition coefficient (Wildman–Crippen LogP) is 4.12. The fourth-order valence-electron chi connectivity index (χ4n) is 2.80. The second-order valence-corrected chi connectivity index (χ2v) is 8.25. The van der Waals surface area contributed by atoms with Crippen molar-refractivity contribution in [1.29, 1.82) is 0 Å². The molecule has 1 aliphatic rings. The van der Waals surface area contributed by atoms with E-state index in [-0.39, 0.29) is 38.4 Å². The van der Waals surface area contributed by atoms with E-state index >= 15 is 0 Å². The standard InChI is InChI=1S/C19H26ClFN2O3/c1-13-9-14(11-15(20)10-13)16(24)22-12-19(21)5-7-23(8-6-19)17(25)26-18(2,3)4/h9-11H,5-8,12H2,1-4H3,(H,22,24). The summed E-state index contributed by atoms with van der Waals surface area (Å²) >= 11 is 5.96. The van der Waals surface area contributed by atoms with Gasteiger partial charge in [0, 0.05) is 36.5 Å². The lowest BCUT2D eigenvalue weighted by Gasteiger charge is -2.37. The van der Waals surface area contributed by atoms with E-state index in [1.807, 2.05) is 6.92 Å². The van der Waals surface area contributed by atoms with Crippen LogP contribution in [0.3, 0.4) is 0 Å². The summed E-state index contributed by atoms with van der Waals surface area (Å²) in [4.78, 5) is 25.8. The van der Waals surface area contributed by atoms with Gasteiger partial charge in [0.15, 0.2) is 0 Å². The summed E-state index contributed by atoms with van der Waals surface area (Å²) < 4.78 is 20.3. The maximum atomic E-state index is 15.0. The lowest BCUT2D eigenvalue weighted by Crippen LogP contribution is -2.50. The molecule has 0 saturated carbocycles. The zero-order valence-corrected chi connectivity index (χ0v) is 16.5. The zero-order valence-electron chi connectivity index (χ0n) is 15.7. The smallest absolute Gasteiger partial charge is 0.410 e. The Kier molecular flexibility index (Phi) is 6.17. The van der Waals surface area contributed by atoms with Crippen LogP contribution in [0.4, 0.5) is 9.18 Å². The van der Waals surface area contributed by atoms with E-state index in [0.29, 0.717) is 10.6 Å². The molecule has 5 nitrogen and oxygen atoms in total. The van der Waals surface area contributed by atoms with Crippen molar-refractivity contribution in [2.24, 2.45) is 0 Å². The molecule has 1 saturated heterocycles. The number of likely N-dealkylation sites (tertiary alicyclic amines) is 1. The average Bonchev–Trinajstić information content (AvgIpc) is 2.50. The van der Waals surface area contributed by atoms with Crippen molar-refractivity contribution in [2.45, 2.75) is 51.8 Å². The molecule has 7 heteroatoms. The van der Waals surface area contributed by atoms with Crippen molar-refractivity contribution >= 4 is 23.6 Å². The number of ether oxygens (including phenoxy) is 1. The number of aryl methyl sites for hydroxylation is 1. The number of hydrogen-bond donors (Lipinski definition) is 1. The van der Waals surface area contributed by atoms with Gasteiger partial charge in [-0.05, 0) is 51.5 Å². The van der Waals surface area contributed by atoms with Crippen LogP contribution in [-0.2, 0) is 4.74 Å². The van der Waals surface area contributed by atoms with Gasteiger partial charge in [0.25, 0.3) is 5.91 Å². The van der Waals surface area contributed by atoms with Gasteiger partial charge in [-0.15, -0.1) is 0 Å². The number of halogens is 2. The number of piperidine rings is 1. The molecule has 26 heavy (non-hydrogen) atoms. The van der Waals surface area contributed by atoms with Gasteiger partial charge in [0.05, 0.1) is 6.54 Å². The zero-order chi connectivity index (χ0) is 19.5. The summed E-state index contributed by atoms with van der Waals surface area (Å²) in [5.41, 5.74) is -0.847. The number of nitrogens with one attached hydrogen (secondary N) is 1. The number of nitrogens with zero attached hydrogens (tertiary/aromatic N) is 1. The van der Waals surface area contributed by atoms with Crippen molar-refractivity contribution in [3.63, 3.8) is 0 Å². The number of benzene rings is 1. The third-order valence-corrected chi connectivity index (χ3v) is 4.40. The largest absolute Gasteiger partial charge is 0.444 e. The van der Waals surface area contributed by atoms with Crippen LogP contribution < -0.4 is 5.32 Å². The first-order valence-corrected chi connectivity index (χ1v) is 9.07. The van der Waals surface area contributed by atoms with Gasteiger partial charge >= 0.3 is 6.09 Å². The molecule has 1 N–H and O–H groups in total. The van der Waals surface area contributed by atoms with E-state index < -0.39 is 17.4 Å². The number of hydrogen-bond acceptors (Lipinski definition) is 3. The van der Waals surface area contributed by atoms with Crippen molar-refractivity contribution < 1.29 is 18.7 Å². The highest BCUT2D eigenvalue weighted by atomic mass is 35.5. The van der Waals surface area contributed by atoms with E-state index in [2.05, 4.69) is 5.32 Å². The molecular formula is C19H26ClFN2O3. The van der Waals surface area contributed by atoms with Gasteiger partial charge in [0.1, 0.15) is 11.3 Å². The van der Waals surface area contributed by atoms with Gasteiger partial charge in [-0.3, -0.25) is 4.79 Å². The quantitative estimate of drug-likeness (QED) is 0.852. The van der Waals surface area contributed by atoms with Crippen LogP contribution in [0.5, 0.6) is 0 Å². The maximum absolute atomic E-state index is 15.0.